The van der Waals surface area contributed by atoms with Crippen molar-refractivity contribution < 1.29 is 19.4 Å². The monoisotopic (exact) mass is 424 g/mol. The predicted octanol–water partition coefficient (Wildman–Crippen LogP) is 4.65. The number of ether oxygens (including phenoxy) is 1. The summed E-state index contributed by atoms with van der Waals surface area (Å²) in [5.41, 5.74) is 4.25. The number of fused-ring (bicyclic) bond motifs is 1. The summed E-state index contributed by atoms with van der Waals surface area (Å²) in [5, 5.41) is 9.52. The first-order valence-electron chi connectivity index (χ1n) is 11.0. The molecule has 2 aromatic rings. The molecule has 0 spiro atoms. The van der Waals surface area contributed by atoms with E-state index >= 15 is 0 Å². The van der Waals surface area contributed by atoms with Gasteiger partial charge in [-0.25, -0.2) is 4.79 Å². The lowest BCUT2D eigenvalue weighted by molar-refractivity contribution is 0.0978. The number of ketones is 1. The maximum Gasteiger partial charge on any atom is 0.407 e. The largest absolute Gasteiger partial charge is 0.496 e. The van der Waals surface area contributed by atoms with Gasteiger partial charge < -0.3 is 19.6 Å². The van der Waals surface area contributed by atoms with Crippen LogP contribution in [0.2, 0.25) is 0 Å². The molecule has 0 fully saturated rings. The molecule has 0 saturated heterocycles. The van der Waals surface area contributed by atoms with E-state index in [-0.39, 0.29) is 5.78 Å². The van der Waals surface area contributed by atoms with Crippen molar-refractivity contribution >= 4 is 17.6 Å². The normalized spacial score (nSPS) is 12.5. The zero-order valence-corrected chi connectivity index (χ0v) is 18.5. The lowest BCUT2D eigenvalue weighted by Crippen LogP contribution is -2.32. The number of unbranched alkanes of at least 4 members (excludes halogenated alkanes) is 1. The fraction of sp³-hybridized carbons (Fsp3) is 0.440. The van der Waals surface area contributed by atoms with E-state index in [1.807, 2.05) is 36.4 Å². The van der Waals surface area contributed by atoms with Crippen LogP contribution in [0.4, 0.5) is 10.5 Å². The van der Waals surface area contributed by atoms with Gasteiger partial charge in [-0.1, -0.05) is 18.2 Å². The number of nitrogens with zero attached hydrogens (tertiary/aromatic N) is 2. The van der Waals surface area contributed by atoms with Crippen LogP contribution in [0.25, 0.3) is 0 Å². The minimum Gasteiger partial charge on any atom is -0.496 e. The lowest BCUT2D eigenvalue weighted by atomic mass is 10.0. The second-order valence-electron chi connectivity index (χ2n) is 7.88. The first-order chi connectivity index (χ1) is 15.0. The van der Waals surface area contributed by atoms with Crippen LogP contribution in [-0.2, 0) is 12.8 Å². The van der Waals surface area contributed by atoms with E-state index in [0.717, 1.165) is 36.4 Å². The van der Waals surface area contributed by atoms with Crippen molar-refractivity contribution in [3.8, 4) is 5.75 Å². The Hall–Kier alpha value is -3.02. The van der Waals surface area contributed by atoms with Gasteiger partial charge in [0.05, 0.1) is 7.11 Å². The minimum atomic E-state index is -0.930. The standard InChI is InChI=1S/C25H32N2O4/c1-3-26-16-14-20-18-21(11-12-22(20)26)23(28)9-6-7-15-27(25(29)30)17-13-19-8-4-5-10-24(19)31-2/h4-5,8,10-12,18H,3,6-7,9,13-17H2,1-2H3,(H,29,30). The SMILES string of the molecule is CCN1CCc2cc(C(=O)CCCCN(CCc3ccccc3OC)C(=O)O)ccc21. The molecule has 1 amide bonds. The van der Waals surface area contributed by atoms with Crippen molar-refractivity contribution in [1.29, 1.82) is 0 Å². The first kappa shape index (κ1) is 22.7. The Labute approximate surface area is 184 Å². The molecule has 31 heavy (non-hydrogen) atoms. The van der Waals surface area contributed by atoms with Crippen LogP contribution in [0.5, 0.6) is 5.75 Å². The number of carbonyl (C=O) groups is 2. The third kappa shape index (κ3) is 5.78. The number of likely N-dealkylation sites (N-methyl/N-ethyl adjacent to an activating group) is 1. The summed E-state index contributed by atoms with van der Waals surface area (Å²) in [6.07, 6.45) is 2.44. The Morgan fingerprint density at radius 2 is 1.94 bits per heavy atom. The second kappa shape index (κ2) is 10.8. The molecule has 0 atom stereocenters. The number of carboxylic acid groups (broad SMARTS) is 1. The zero-order chi connectivity index (χ0) is 22.2. The number of hydrogen-bond acceptors (Lipinski definition) is 4. The summed E-state index contributed by atoms with van der Waals surface area (Å²) in [6.45, 7) is 4.97. The summed E-state index contributed by atoms with van der Waals surface area (Å²) >= 11 is 0. The van der Waals surface area contributed by atoms with Crippen LogP contribution in [0.15, 0.2) is 42.5 Å². The van der Waals surface area contributed by atoms with Gasteiger partial charge in [0.25, 0.3) is 0 Å². The van der Waals surface area contributed by atoms with Gasteiger partial charge in [0.15, 0.2) is 5.78 Å². The molecule has 3 rings (SSSR count). The topological polar surface area (TPSA) is 70.1 Å². The minimum absolute atomic E-state index is 0.133. The van der Waals surface area contributed by atoms with E-state index in [9.17, 15) is 14.7 Å². The van der Waals surface area contributed by atoms with Crippen LogP contribution < -0.4 is 9.64 Å². The van der Waals surface area contributed by atoms with Crippen molar-refractivity contribution in [3.63, 3.8) is 0 Å². The number of anilines is 1. The summed E-state index contributed by atoms with van der Waals surface area (Å²) in [4.78, 5) is 28.0. The van der Waals surface area contributed by atoms with E-state index in [4.69, 9.17) is 4.74 Å². The maximum absolute atomic E-state index is 12.6. The van der Waals surface area contributed by atoms with Crippen molar-refractivity contribution in [3.05, 3.63) is 59.2 Å². The highest BCUT2D eigenvalue weighted by molar-refractivity contribution is 5.96. The number of para-hydroxylation sites is 1. The molecule has 6 nitrogen and oxygen atoms in total. The van der Waals surface area contributed by atoms with Gasteiger partial charge in [-0.05, 0) is 68.0 Å². The Kier molecular flexibility index (Phi) is 7.93. The van der Waals surface area contributed by atoms with Crippen LogP contribution in [0, 0.1) is 0 Å². The molecule has 0 radical (unpaired) electrons. The first-order valence-corrected chi connectivity index (χ1v) is 11.0. The van der Waals surface area contributed by atoms with Crippen LogP contribution in [0.1, 0.15) is 47.7 Å². The quantitative estimate of drug-likeness (QED) is 0.420. The summed E-state index contributed by atoms with van der Waals surface area (Å²) in [6, 6.07) is 13.7. The Balaban J connectivity index is 1.46. The maximum atomic E-state index is 12.6. The van der Waals surface area contributed by atoms with Crippen molar-refractivity contribution in [1.82, 2.24) is 4.90 Å². The predicted molar refractivity (Wildman–Crippen MR) is 123 cm³/mol. The summed E-state index contributed by atoms with van der Waals surface area (Å²) < 4.78 is 5.34. The molecule has 1 heterocycles. The van der Waals surface area contributed by atoms with E-state index < -0.39 is 6.09 Å². The smallest absolute Gasteiger partial charge is 0.407 e. The molecular formula is C25H32N2O4. The molecule has 0 aliphatic carbocycles. The van der Waals surface area contributed by atoms with Crippen LogP contribution in [0.3, 0.4) is 0 Å². The van der Waals surface area contributed by atoms with E-state index in [0.29, 0.717) is 38.8 Å². The third-order valence-electron chi connectivity index (χ3n) is 5.97. The van der Waals surface area contributed by atoms with Crippen LogP contribution in [-0.4, -0.2) is 55.2 Å². The summed E-state index contributed by atoms with van der Waals surface area (Å²) in [7, 11) is 1.62. The number of rotatable bonds is 11. The van der Waals surface area contributed by atoms with Crippen LogP contribution >= 0.6 is 0 Å². The van der Waals surface area contributed by atoms with E-state index in [1.54, 1.807) is 7.11 Å². The van der Waals surface area contributed by atoms with E-state index in [2.05, 4.69) is 17.9 Å². The number of Topliss-reactive ketones (excluding diaryl/α,β-unsaturated/α-hetero) is 1. The molecule has 1 aliphatic heterocycles. The number of carbonyl (C=O) groups excluding carboxylic acids is 1. The number of amides is 1. The summed E-state index contributed by atoms with van der Waals surface area (Å²) in [5.74, 6) is 0.906. The molecule has 1 N–H and O–H groups in total. The Morgan fingerprint density at radius 3 is 2.68 bits per heavy atom. The Morgan fingerprint density at radius 1 is 1.13 bits per heavy atom. The number of hydrogen-bond donors (Lipinski definition) is 1. The van der Waals surface area contributed by atoms with Crippen molar-refractivity contribution in [2.45, 2.75) is 39.0 Å². The highest BCUT2D eigenvalue weighted by Crippen LogP contribution is 2.29. The zero-order valence-electron chi connectivity index (χ0n) is 18.5. The Bertz CT molecular complexity index is 912. The highest BCUT2D eigenvalue weighted by atomic mass is 16.5. The lowest BCUT2D eigenvalue weighted by Gasteiger charge is -2.19. The molecule has 2 aromatic carbocycles. The molecule has 0 unspecified atom stereocenters. The molecule has 166 valence electrons. The number of methoxy groups -OCH3 is 1. The molecule has 0 aromatic heterocycles. The van der Waals surface area contributed by atoms with E-state index in [1.165, 1.54) is 16.2 Å². The molecule has 0 saturated carbocycles. The highest BCUT2D eigenvalue weighted by Gasteiger charge is 2.19. The van der Waals surface area contributed by atoms with Crippen molar-refractivity contribution in [2.24, 2.45) is 0 Å². The van der Waals surface area contributed by atoms with Gasteiger partial charge in [0, 0.05) is 43.9 Å². The second-order valence-corrected chi connectivity index (χ2v) is 7.88. The molecule has 6 heteroatoms. The molecule has 1 aliphatic rings. The number of benzene rings is 2. The van der Waals surface area contributed by atoms with Gasteiger partial charge in [-0.2, -0.15) is 0 Å². The van der Waals surface area contributed by atoms with Gasteiger partial charge in [0.2, 0.25) is 0 Å². The average Bonchev–Trinajstić information content (AvgIpc) is 3.20. The van der Waals surface area contributed by atoms with Gasteiger partial charge >= 0.3 is 6.09 Å². The van der Waals surface area contributed by atoms with Gasteiger partial charge in [-0.3, -0.25) is 4.79 Å². The third-order valence-corrected chi connectivity index (χ3v) is 5.97. The molecule has 0 bridgehead atoms. The van der Waals surface area contributed by atoms with Crippen molar-refractivity contribution in [2.75, 3.05) is 38.2 Å². The van der Waals surface area contributed by atoms with Gasteiger partial charge in [-0.15, -0.1) is 0 Å². The fourth-order valence-corrected chi connectivity index (χ4v) is 4.17. The fourth-order valence-electron chi connectivity index (χ4n) is 4.17. The average molecular weight is 425 g/mol. The molecular weight excluding hydrogens is 392 g/mol. The van der Waals surface area contributed by atoms with Gasteiger partial charge in [0.1, 0.15) is 5.75 Å².